The Labute approximate surface area is 263 Å². The van der Waals surface area contributed by atoms with Crippen LogP contribution in [0.25, 0.3) is 10.8 Å². The van der Waals surface area contributed by atoms with Crippen molar-refractivity contribution in [3.63, 3.8) is 0 Å². The zero-order valence-corrected chi connectivity index (χ0v) is 26.0. The van der Waals surface area contributed by atoms with Crippen LogP contribution < -0.4 is 18.1 Å². The number of aromatic nitrogens is 8. The molecular formula is C28H26N10O6S2. The van der Waals surface area contributed by atoms with E-state index >= 15 is 0 Å². The van der Waals surface area contributed by atoms with Crippen molar-refractivity contribution >= 4 is 42.2 Å². The third-order valence-electron chi connectivity index (χ3n) is 7.06. The van der Waals surface area contributed by atoms with Crippen LogP contribution in [0.5, 0.6) is 11.5 Å². The minimum atomic E-state index is -4.22. The Morgan fingerprint density at radius 3 is 1.30 bits per heavy atom. The van der Waals surface area contributed by atoms with Gasteiger partial charge in [0.05, 0.1) is 48.5 Å². The Morgan fingerprint density at radius 2 is 0.978 bits per heavy atom. The van der Waals surface area contributed by atoms with E-state index in [4.69, 9.17) is 9.47 Å². The molecule has 0 unspecified atom stereocenters. The molecule has 6 aromatic rings. The summed E-state index contributed by atoms with van der Waals surface area (Å²) in [5.74, 6) is 1.20. The van der Waals surface area contributed by atoms with E-state index in [9.17, 15) is 16.8 Å². The van der Waals surface area contributed by atoms with E-state index in [0.717, 1.165) is 8.61 Å². The number of ether oxygens (including phenoxy) is 2. The van der Waals surface area contributed by atoms with Crippen molar-refractivity contribution in [2.24, 2.45) is 0 Å². The highest BCUT2D eigenvalue weighted by atomic mass is 32.2. The van der Waals surface area contributed by atoms with Gasteiger partial charge in [0.2, 0.25) is 0 Å². The molecule has 6 rings (SSSR count). The smallest absolute Gasteiger partial charge is 0.264 e. The number of nitrogens with one attached hydrogen (secondary N) is 2. The van der Waals surface area contributed by atoms with E-state index in [1.54, 1.807) is 48.5 Å². The van der Waals surface area contributed by atoms with E-state index in [1.807, 2.05) is 0 Å². The molecule has 0 saturated heterocycles. The molecule has 0 amide bonds. The van der Waals surface area contributed by atoms with Gasteiger partial charge in [-0.3, -0.25) is 8.61 Å². The monoisotopic (exact) mass is 662 g/mol. The Kier molecular flexibility index (Phi) is 8.20. The fourth-order valence-corrected chi connectivity index (χ4v) is 7.68. The molecule has 0 fully saturated rings. The van der Waals surface area contributed by atoms with Crippen LogP contribution in [0.15, 0.2) is 94.7 Å². The van der Waals surface area contributed by atoms with E-state index in [0.29, 0.717) is 22.3 Å². The molecule has 18 heteroatoms. The van der Waals surface area contributed by atoms with Gasteiger partial charge in [0.15, 0.2) is 11.6 Å². The standard InChI is InChI=1S/C28H26N10O6S2/c1-43-19-7-11-21(12-8-19)45(39,40)37(17-27-29-33-34-30-27)25-15-16-26(24-6-4-3-5-23(24)25)38(18-28-31-35-36-32-28)46(41,42)22-13-9-20(44-2)10-14-22/h3-16H,17-18H2,1-2H3,(H,29,30,33,34)(H,31,32,35,36). The van der Waals surface area contributed by atoms with E-state index < -0.39 is 20.0 Å². The lowest BCUT2D eigenvalue weighted by Crippen LogP contribution is -2.33. The summed E-state index contributed by atoms with van der Waals surface area (Å²) in [5.41, 5.74) is 0.502. The van der Waals surface area contributed by atoms with Gasteiger partial charge in [0, 0.05) is 10.8 Å². The Hall–Kier alpha value is -5.62. The molecule has 16 nitrogen and oxygen atoms in total. The number of rotatable bonds is 12. The average Bonchev–Trinajstić information content (AvgIpc) is 3.81. The third kappa shape index (κ3) is 5.77. The quantitative estimate of drug-likeness (QED) is 0.194. The van der Waals surface area contributed by atoms with Gasteiger partial charge in [0.1, 0.15) is 11.5 Å². The van der Waals surface area contributed by atoms with Crippen molar-refractivity contribution in [1.29, 1.82) is 0 Å². The van der Waals surface area contributed by atoms with Crippen LogP contribution in [0.4, 0.5) is 11.4 Å². The van der Waals surface area contributed by atoms with Gasteiger partial charge in [-0.1, -0.05) is 34.7 Å². The highest BCUT2D eigenvalue weighted by molar-refractivity contribution is 7.93. The minimum absolute atomic E-state index is 0.00855. The first-order valence-corrected chi connectivity index (χ1v) is 16.4. The number of tetrazole rings is 2. The van der Waals surface area contributed by atoms with Gasteiger partial charge in [0.25, 0.3) is 20.0 Å². The summed E-state index contributed by atoms with van der Waals surface area (Å²) in [4.78, 5) is -0.0171. The summed E-state index contributed by atoms with van der Waals surface area (Å²) in [6.07, 6.45) is 0. The number of fused-ring (bicyclic) bond motifs is 1. The number of aromatic amines is 2. The normalized spacial score (nSPS) is 11.8. The molecule has 46 heavy (non-hydrogen) atoms. The second-order valence-electron chi connectivity index (χ2n) is 9.68. The zero-order valence-electron chi connectivity index (χ0n) is 24.3. The predicted molar refractivity (Wildman–Crippen MR) is 165 cm³/mol. The molecule has 4 aromatic carbocycles. The van der Waals surface area contributed by atoms with Gasteiger partial charge < -0.3 is 9.47 Å². The molecule has 0 bridgehead atoms. The molecule has 2 aromatic heterocycles. The van der Waals surface area contributed by atoms with E-state index in [1.165, 1.54) is 50.6 Å². The van der Waals surface area contributed by atoms with E-state index in [2.05, 4.69) is 41.2 Å². The number of methoxy groups -OCH3 is 2. The number of sulfonamides is 2. The van der Waals surface area contributed by atoms with Crippen molar-refractivity contribution in [3.8, 4) is 11.5 Å². The van der Waals surface area contributed by atoms with Crippen molar-refractivity contribution in [1.82, 2.24) is 41.2 Å². The summed E-state index contributed by atoms with van der Waals surface area (Å²) in [6, 6.07) is 21.8. The second-order valence-corrected chi connectivity index (χ2v) is 13.4. The summed E-state index contributed by atoms with van der Waals surface area (Å²) >= 11 is 0. The first-order chi connectivity index (χ1) is 22.2. The fourth-order valence-electron chi connectivity index (χ4n) is 4.81. The topological polar surface area (TPSA) is 202 Å². The number of nitrogens with zero attached hydrogens (tertiary/aromatic N) is 8. The lowest BCUT2D eigenvalue weighted by Gasteiger charge is -2.28. The van der Waals surface area contributed by atoms with Gasteiger partial charge in [-0.2, -0.15) is 10.4 Å². The number of hydrogen-bond donors (Lipinski definition) is 2. The maximum atomic E-state index is 14.2. The third-order valence-corrected chi connectivity index (χ3v) is 10.6. The molecule has 0 atom stereocenters. The first kappa shape index (κ1) is 30.4. The maximum Gasteiger partial charge on any atom is 0.264 e. The molecule has 2 heterocycles. The van der Waals surface area contributed by atoms with Crippen molar-refractivity contribution in [2.45, 2.75) is 22.9 Å². The average molecular weight is 663 g/mol. The van der Waals surface area contributed by atoms with Gasteiger partial charge >= 0.3 is 0 Å². The number of hydrogen-bond acceptors (Lipinski definition) is 12. The second kappa shape index (κ2) is 12.4. The molecule has 236 valence electrons. The molecule has 0 radical (unpaired) electrons. The first-order valence-electron chi connectivity index (χ1n) is 13.5. The van der Waals surface area contributed by atoms with Crippen molar-refractivity contribution in [3.05, 3.63) is 96.6 Å². The Morgan fingerprint density at radius 1 is 0.587 bits per heavy atom. The van der Waals surface area contributed by atoms with E-state index in [-0.39, 0.29) is 45.9 Å². The van der Waals surface area contributed by atoms with Crippen LogP contribution in [0, 0.1) is 0 Å². The van der Waals surface area contributed by atoms with Crippen LogP contribution in [0.1, 0.15) is 11.6 Å². The highest BCUT2D eigenvalue weighted by Gasteiger charge is 2.32. The molecule has 0 saturated carbocycles. The maximum absolute atomic E-state index is 14.2. The fraction of sp³-hybridized carbons (Fsp3) is 0.143. The molecular weight excluding hydrogens is 637 g/mol. The van der Waals surface area contributed by atoms with Crippen LogP contribution in [0.2, 0.25) is 0 Å². The number of benzene rings is 4. The number of anilines is 2. The van der Waals surface area contributed by atoms with Crippen molar-refractivity contribution < 1.29 is 26.3 Å². The Bertz CT molecular complexity index is 2000. The minimum Gasteiger partial charge on any atom is -0.497 e. The predicted octanol–water partition coefficient (Wildman–Crippen LogP) is 2.67. The summed E-state index contributed by atoms with van der Waals surface area (Å²) in [5, 5.41) is 28.6. The van der Waals surface area contributed by atoms with Crippen LogP contribution >= 0.6 is 0 Å². The lowest BCUT2D eigenvalue weighted by molar-refractivity contribution is 0.414. The molecule has 0 aliphatic heterocycles. The van der Waals surface area contributed by atoms with Gasteiger partial charge in [-0.05, 0) is 60.7 Å². The summed E-state index contributed by atoms with van der Waals surface area (Å²) < 4.78 is 69.4. The zero-order chi connectivity index (χ0) is 32.3. The molecule has 2 N–H and O–H groups in total. The van der Waals surface area contributed by atoms with Gasteiger partial charge in [-0.25, -0.2) is 16.8 Å². The molecule has 0 spiro atoms. The van der Waals surface area contributed by atoms with Crippen LogP contribution in [-0.2, 0) is 33.1 Å². The Balaban J connectivity index is 1.53. The van der Waals surface area contributed by atoms with Gasteiger partial charge in [-0.15, -0.1) is 20.4 Å². The van der Waals surface area contributed by atoms with Crippen LogP contribution in [0.3, 0.4) is 0 Å². The number of H-pyrrole nitrogens is 2. The summed E-state index contributed by atoms with van der Waals surface area (Å²) in [7, 11) is -5.47. The molecule has 0 aliphatic rings. The van der Waals surface area contributed by atoms with Crippen LogP contribution in [-0.4, -0.2) is 72.3 Å². The highest BCUT2D eigenvalue weighted by Crippen LogP contribution is 2.39. The largest absolute Gasteiger partial charge is 0.497 e. The van der Waals surface area contributed by atoms with Crippen molar-refractivity contribution in [2.75, 3.05) is 22.8 Å². The summed E-state index contributed by atoms with van der Waals surface area (Å²) in [6.45, 7) is -0.546. The molecule has 0 aliphatic carbocycles. The SMILES string of the molecule is COc1ccc(S(=O)(=O)N(Cc2nn[nH]n2)c2ccc(N(Cc3nn[nH]n3)S(=O)(=O)c3ccc(OC)cc3)c3ccccc23)cc1. The lowest BCUT2D eigenvalue weighted by atomic mass is 10.1.